The molecule has 0 aliphatic heterocycles. The predicted molar refractivity (Wildman–Crippen MR) is 35.0 cm³/mol. The average Bonchev–Trinajstić information content (AvgIpc) is 2.15. The van der Waals surface area contributed by atoms with E-state index in [1.807, 2.05) is 13.0 Å². The molecule has 0 radical (unpaired) electrons. The van der Waals surface area contributed by atoms with Gasteiger partial charge in [0.15, 0.2) is 0 Å². The monoisotopic (exact) mass is 128 g/mol. The highest BCUT2D eigenvalue weighted by molar-refractivity contribution is 5.07. The minimum absolute atomic E-state index is 0.0567. The van der Waals surface area contributed by atoms with Gasteiger partial charge in [0.25, 0.3) is 0 Å². The van der Waals surface area contributed by atoms with Gasteiger partial charge in [-0.15, -0.1) is 0 Å². The first-order valence-electron chi connectivity index (χ1n) is 3.15. The van der Waals surface area contributed by atoms with Crippen molar-refractivity contribution in [3.63, 3.8) is 0 Å². The van der Waals surface area contributed by atoms with Crippen LogP contribution in [-0.4, -0.2) is 22.9 Å². The molecule has 0 aromatic heterocycles. The summed E-state index contributed by atoms with van der Waals surface area (Å²) in [5, 5.41) is 18.0. The minimum atomic E-state index is -0.456. The SMILES string of the molecule is C[C@@]1(CO)CC=C[C@@H]1O. The summed E-state index contributed by atoms with van der Waals surface area (Å²) in [7, 11) is 0. The van der Waals surface area contributed by atoms with Crippen LogP contribution in [0.3, 0.4) is 0 Å². The molecule has 9 heavy (non-hydrogen) atoms. The van der Waals surface area contributed by atoms with Crippen LogP contribution in [0.25, 0.3) is 0 Å². The van der Waals surface area contributed by atoms with Gasteiger partial charge in [0.05, 0.1) is 12.7 Å². The van der Waals surface area contributed by atoms with Crippen molar-refractivity contribution in [2.24, 2.45) is 5.41 Å². The molecule has 0 saturated heterocycles. The zero-order valence-corrected chi connectivity index (χ0v) is 5.54. The highest BCUT2D eigenvalue weighted by Crippen LogP contribution is 2.31. The Morgan fingerprint density at radius 2 is 2.44 bits per heavy atom. The molecule has 1 rings (SSSR count). The molecule has 2 N–H and O–H groups in total. The molecule has 0 saturated carbocycles. The number of hydrogen-bond donors (Lipinski definition) is 2. The van der Waals surface area contributed by atoms with Gasteiger partial charge in [-0.2, -0.15) is 0 Å². The van der Waals surface area contributed by atoms with Crippen LogP contribution in [0.2, 0.25) is 0 Å². The number of rotatable bonds is 1. The van der Waals surface area contributed by atoms with Crippen molar-refractivity contribution in [2.75, 3.05) is 6.61 Å². The molecule has 0 spiro atoms. The van der Waals surface area contributed by atoms with Crippen LogP contribution in [0.5, 0.6) is 0 Å². The summed E-state index contributed by atoms with van der Waals surface area (Å²) in [6.07, 6.45) is 3.96. The van der Waals surface area contributed by atoms with E-state index < -0.39 is 6.10 Å². The highest BCUT2D eigenvalue weighted by Gasteiger charge is 2.32. The summed E-state index contributed by atoms with van der Waals surface area (Å²) in [5.41, 5.74) is -0.306. The van der Waals surface area contributed by atoms with Crippen LogP contribution < -0.4 is 0 Å². The average molecular weight is 128 g/mol. The van der Waals surface area contributed by atoms with Crippen LogP contribution >= 0.6 is 0 Å². The highest BCUT2D eigenvalue weighted by atomic mass is 16.3. The lowest BCUT2D eigenvalue weighted by molar-refractivity contribution is 0.0368. The van der Waals surface area contributed by atoms with Crippen molar-refractivity contribution in [2.45, 2.75) is 19.4 Å². The lowest BCUT2D eigenvalue weighted by Crippen LogP contribution is -2.30. The molecule has 52 valence electrons. The summed E-state index contributed by atoms with van der Waals surface area (Å²) in [5.74, 6) is 0. The fourth-order valence-corrected chi connectivity index (χ4v) is 0.977. The molecule has 2 atom stereocenters. The third-order valence-electron chi connectivity index (χ3n) is 1.98. The Bertz CT molecular complexity index is 131. The van der Waals surface area contributed by atoms with E-state index in [0.29, 0.717) is 0 Å². The summed E-state index contributed by atoms with van der Waals surface area (Å²) in [4.78, 5) is 0. The standard InChI is InChI=1S/C7H12O2/c1-7(5-8)4-2-3-6(7)9/h2-3,6,8-9H,4-5H2,1H3/t6-,7-/m0/s1. The molecule has 0 amide bonds. The van der Waals surface area contributed by atoms with Gasteiger partial charge in [0.1, 0.15) is 0 Å². The van der Waals surface area contributed by atoms with E-state index in [-0.39, 0.29) is 12.0 Å². The quantitative estimate of drug-likeness (QED) is 0.499. The lowest BCUT2D eigenvalue weighted by atomic mass is 9.87. The van der Waals surface area contributed by atoms with Crippen LogP contribution in [-0.2, 0) is 0 Å². The lowest BCUT2D eigenvalue weighted by Gasteiger charge is -2.24. The van der Waals surface area contributed by atoms with Crippen molar-refractivity contribution in [3.05, 3.63) is 12.2 Å². The Kier molecular flexibility index (Phi) is 1.60. The van der Waals surface area contributed by atoms with Gasteiger partial charge in [-0.1, -0.05) is 19.1 Å². The van der Waals surface area contributed by atoms with Gasteiger partial charge in [-0.25, -0.2) is 0 Å². The van der Waals surface area contributed by atoms with E-state index in [1.54, 1.807) is 6.08 Å². The molecule has 0 bridgehead atoms. The number of hydrogen-bond acceptors (Lipinski definition) is 2. The normalized spacial score (nSPS) is 41.9. The van der Waals surface area contributed by atoms with E-state index >= 15 is 0 Å². The topological polar surface area (TPSA) is 40.5 Å². The van der Waals surface area contributed by atoms with E-state index in [2.05, 4.69) is 0 Å². The van der Waals surface area contributed by atoms with Crippen LogP contribution in [0.1, 0.15) is 13.3 Å². The second-order valence-corrected chi connectivity index (χ2v) is 2.89. The fraction of sp³-hybridized carbons (Fsp3) is 0.714. The van der Waals surface area contributed by atoms with Crippen molar-refractivity contribution >= 4 is 0 Å². The van der Waals surface area contributed by atoms with Gasteiger partial charge in [-0.3, -0.25) is 0 Å². The Hall–Kier alpha value is -0.340. The summed E-state index contributed by atoms with van der Waals surface area (Å²) < 4.78 is 0. The molecule has 2 nitrogen and oxygen atoms in total. The largest absolute Gasteiger partial charge is 0.396 e. The predicted octanol–water partition coefficient (Wildman–Crippen LogP) is 0.306. The van der Waals surface area contributed by atoms with Crippen molar-refractivity contribution in [3.8, 4) is 0 Å². The van der Waals surface area contributed by atoms with Crippen LogP contribution in [0, 0.1) is 5.41 Å². The van der Waals surface area contributed by atoms with Crippen molar-refractivity contribution < 1.29 is 10.2 Å². The Labute approximate surface area is 54.8 Å². The zero-order valence-electron chi connectivity index (χ0n) is 5.54. The maximum absolute atomic E-state index is 9.20. The fourth-order valence-electron chi connectivity index (χ4n) is 0.977. The minimum Gasteiger partial charge on any atom is -0.396 e. The van der Waals surface area contributed by atoms with Gasteiger partial charge in [0, 0.05) is 5.41 Å². The Morgan fingerprint density at radius 3 is 2.67 bits per heavy atom. The van der Waals surface area contributed by atoms with Gasteiger partial charge >= 0.3 is 0 Å². The van der Waals surface area contributed by atoms with E-state index in [4.69, 9.17) is 5.11 Å². The number of aliphatic hydroxyl groups excluding tert-OH is 2. The van der Waals surface area contributed by atoms with Gasteiger partial charge in [0.2, 0.25) is 0 Å². The first-order valence-corrected chi connectivity index (χ1v) is 3.15. The maximum Gasteiger partial charge on any atom is 0.0799 e. The number of aliphatic hydroxyl groups is 2. The first kappa shape index (κ1) is 6.78. The molecule has 0 aromatic carbocycles. The second-order valence-electron chi connectivity index (χ2n) is 2.89. The molecule has 1 aliphatic rings. The third kappa shape index (κ3) is 1.00. The molecule has 1 aliphatic carbocycles. The molecule has 0 heterocycles. The second kappa shape index (κ2) is 2.12. The molecule has 2 heteroatoms. The molecular weight excluding hydrogens is 116 g/mol. The van der Waals surface area contributed by atoms with E-state index in [0.717, 1.165) is 6.42 Å². The first-order chi connectivity index (χ1) is 4.19. The van der Waals surface area contributed by atoms with Gasteiger partial charge in [-0.05, 0) is 6.42 Å². The Balaban J connectivity index is 2.62. The summed E-state index contributed by atoms with van der Waals surface area (Å²) >= 11 is 0. The van der Waals surface area contributed by atoms with Crippen LogP contribution in [0.4, 0.5) is 0 Å². The van der Waals surface area contributed by atoms with Gasteiger partial charge < -0.3 is 10.2 Å². The number of allylic oxidation sites excluding steroid dienone is 1. The molecule has 0 unspecified atom stereocenters. The smallest absolute Gasteiger partial charge is 0.0799 e. The summed E-state index contributed by atoms with van der Waals surface area (Å²) in [6.45, 7) is 1.93. The van der Waals surface area contributed by atoms with Crippen molar-refractivity contribution in [1.29, 1.82) is 0 Å². The summed E-state index contributed by atoms with van der Waals surface area (Å²) in [6, 6.07) is 0. The van der Waals surface area contributed by atoms with Crippen molar-refractivity contribution in [1.82, 2.24) is 0 Å². The third-order valence-corrected chi connectivity index (χ3v) is 1.98. The zero-order chi connectivity index (χ0) is 6.91. The maximum atomic E-state index is 9.20. The van der Waals surface area contributed by atoms with E-state index in [1.165, 1.54) is 0 Å². The molecular formula is C7H12O2. The van der Waals surface area contributed by atoms with E-state index in [9.17, 15) is 5.11 Å². The molecule has 0 fully saturated rings. The van der Waals surface area contributed by atoms with Crippen LogP contribution in [0.15, 0.2) is 12.2 Å². The Morgan fingerprint density at radius 1 is 1.78 bits per heavy atom. The molecule has 0 aromatic rings.